The molecule has 3 heterocycles. The van der Waals surface area contributed by atoms with E-state index >= 15 is 0 Å². The summed E-state index contributed by atoms with van der Waals surface area (Å²) in [4.78, 5) is 13.9. The van der Waals surface area contributed by atoms with Crippen molar-refractivity contribution in [3.05, 3.63) is 23.3 Å². The molecule has 2 N–H and O–H groups in total. The molecule has 35 heavy (non-hydrogen) atoms. The van der Waals surface area contributed by atoms with E-state index in [1.807, 2.05) is 11.0 Å². The second kappa shape index (κ2) is 8.47. The number of carbonyl (C=O) groups is 1. The van der Waals surface area contributed by atoms with E-state index in [2.05, 4.69) is 25.3 Å². The number of halogens is 2. The number of anilines is 1. The third-order valence-corrected chi connectivity index (χ3v) is 8.61. The van der Waals surface area contributed by atoms with Crippen LogP contribution in [0.15, 0.2) is 23.2 Å². The van der Waals surface area contributed by atoms with Crippen molar-refractivity contribution in [3.63, 3.8) is 0 Å². The number of nitrogens with one attached hydrogen (secondary N) is 2. The highest BCUT2D eigenvalue weighted by molar-refractivity contribution is 7.89. The van der Waals surface area contributed by atoms with Crippen LogP contribution in [0.4, 0.5) is 14.5 Å². The van der Waals surface area contributed by atoms with E-state index in [1.165, 1.54) is 23.0 Å². The van der Waals surface area contributed by atoms with Gasteiger partial charge in [0.2, 0.25) is 21.1 Å². The Balaban J connectivity index is 1.63. The third kappa shape index (κ3) is 4.21. The van der Waals surface area contributed by atoms with Crippen molar-refractivity contribution in [1.29, 1.82) is 5.26 Å². The molecule has 2 aromatic heterocycles. The Morgan fingerprint density at radius 1 is 1.34 bits per heavy atom. The van der Waals surface area contributed by atoms with Gasteiger partial charge in [-0.25, -0.2) is 21.9 Å². The number of hydrogen-bond donors (Lipinski definition) is 2. The maximum absolute atomic E-state index is 13.2. The van der Waals surface area contributed by atoms with Crippen molar-refractivity contribution in [2.75, 3.05) is 25.0 Å². The normalized spacial score (nSPS) is 19.3. The van der Waals surface area contributed by atoms with Crippen LogP contribution >= 0.6 is 11.3 Å². The fourth-order valence-corrected chi connectivity index (χ4v) is 6.21. The molecule has 0 bridgehead atoms. The summed E-state index contributed by atoms with van der Waals surface area (Å²) >= 11 is 0.650. The number of sulfonamides is 1. The van der Waals surface area contributed by atoms with Gasteiger partial charge in [-0.2, -0.15) is 15.1 Å². The van der Waals surface area contributed by atoms with E-state index in [0.717, 1.165) is 0 Å². The van der Waals surface area contributed by atoms with Gasteiger partial charge in [0.1, 0.15) is 5.54 Å². The summed E-state index contributed by atoms with van der Waals surface area (Å²) in [6.07, 6.45) is 0.109. The van der Waals surface area contributed by atoms with Crippen molar-refractivity contribution in [3.8, 4) is 11.2 Å². The number of fused-ring (bicyclic) bond motifs is 1. The molecule has 2 aliphatic rings. The van der Waals surface area contributed by atoms with Crippen LogP contribution in [0, 0.1) is 17.2 Å². The zero-order valence-corrected chi connectivity index (χ0v) is 20.0. The van der Waals surface area contributed by atoms with E-state index in [9.17, 15) is 27.3 Å². The first-order valence-corrected chi connectivity index (χ1v) is 13.0. The van der Waals surface area contributed by atoms with E-state index in [1.54, 1.807) is 7.05 Å². The van der Waals surface area contributed by atoms with Gasteiger partial charge in [-0.05, 0) is 31.4 Å². The van der Waals surface area contributed by atoms with Crippen molar-refractivity contribution in [2.24, 2.45) is 5.92 Å². The first-order chi connectivity index (χ1) is 16.7. The first-order valence-electron chi connectivity index (χ1n) is 10.7. The molecule has 1 amide bonds. The lowest BCUT2D eigenvalue weighted by Gasteiger charge is -2.21. The van der Waals surface area contributed by atoms with Gasteiger partial charge in [0.25, 0.3) is 6.43 Å². The average Bonchev–Trinajstić information content (AvgIpc) is 3.26. The molecule has 1 aromatic carbocycles. The summed E-state index contributed by atoms with van der Waals surface area (Å²) in [6, 6.07) is 4.86. The molecule has 1 aliphatic carbocycles. The van der Waals surface area contributed by atoms with E-state index in [0.29, 0.717) is 60.3 Å². The maximum Gasteiger partial charge on any atom is 0.291 e. The predicted molar refractivity (Wildman–Crippen MR) is 122 cm³/mol. The van der Waals surface area contributed by atoms with Crippen molar-refractivity contribution in [1.82, 2.24) is 30.0 Å². The Kier molecular flexibility index (Phi) is 5.69. The molecule has 2 fully saturated rings. The summed E-state index contributed by atoms with van der Waals surface area (Å²) < 4.78 is 56.4. The number of alkyl halides is 2. The number of nitriles is 1. The van der Waals surface area contributed by atoms with Crippen LogP contribution in [0.3, 0.4) is 0 Å². The van der Waals surface area contributed by atoms with Crippen LogP contribution in [0.2, 0.25) is 0 Å². The van der Waals surface area contributed by atoms with E-state index < -0.39 is 27.0 Å². The minimum atomic E-state index is -4.10. The largest absolute Gasteiger partial charge is 0.370 e. The average molecular weight is 523 g/mol. The molecular weight excluding hydrogens is 502 g/mol. The molecule has 1 atom stereocenters. The molecule has 1 saturated heterocycles. The fourth-order valence-electron chi connectivity index (χ4n) is 4.13. The van der Waals surface area contributed by atoms with Crippen LogP contribution in [0.1, 0.15) is 30.7 Å². The summed E-state index contributed by atoms with van der Waals surface area (Å²) in [5.74, 6) is -0.378. The number of rotatable bonds is 7. The van der Waals surface area contributed by atoms with Gasteiger partial charge in [0.05, 0.1) is 28.6 Å². The van der Waals surface area contributed by atoms with Gasteiger partial charge < -0.3 is 10.2 Å². The second-order valence-corrected chi connectivity index (χ2v) is 11.2. The van der Waals surface area contributed by atoms with Gasteiger partial charge in [0.15, 0.2) is 5.01 Å². The van der Waals surface area contributed by atoms with Gasteiger partial charge in [-0.3, -0.25) is 4.79 Å². The topological polar surface area (TPSA) is 146 Å². The standard InChI is InChI=1S/C20H20F2N8O3S2/c1-24-17(31)11-2-5-29(9-11)14-6-12(35(32,33)28-20(10-23)3-4-20)7-15-13(14)8-25-30(15)19-27-26-18(34-19)16(21)22/h6-8,11,16,28H,2-5,9H2,1H3,(H,24,31). The molecular formula is C20H20F2N8O3S2. The Hall–Kier alpha value is -3.22. The molecule has 1 unspecified atom stereocenters. The van der Waals surface area contributed by atoms with Gasteiger partial charge in [-0.15, -0.1) is 10.2 Å². The number of hydrogen-bond acceptors (Lipinski definition) is 9. The van der Waals surface area contributed by atoms with Gasteiger partial charge in [0, 0.05) is 31.2 Å². The molecule has 0 radical (unpaired) electrons. The summed E-state index contributed by atoms with van der Waals surface area (Å²) in [5, 5.41) is 23.7. The van der Waals surface area contributed by atoms with Crippen molar-refractivity contribution in [2.45, 2.75) is 36.1 Å². The number of aromatic nitrogens is 4. The number of nitrogens with zero attached hydrogens (tertiary/aromatic N) is 6. The van der Waals surface area contributed by atoms with Crippen LogP contribution in [-0.4, -0.2) is 60.0 Å². The molecule has 1 saturated carbocycles. The highest BCUT2D eigenvalue weighted by atomic mass is 32.2. The second-order valence-electron chi connectivity index (χ2n) is 8.50. The number of carbonyl (C=O) groups excluding carboxylic acids is 1. The zero-order chi connectivity index (χ0) is 25.0. The molecule has 11 nitrogen and oxygen atoms in total. The highest BCUT2D eigenvalue weighted by Crippen LogP contribution is 2.39. The third-order valence-electron chi connectivity index (χ3n) is 6.19. The van der Waals surface area contributed by atoms with E-state index in [-0.39, 0.29) is 21.9 Å². The quantitative estimate of drug-likeness (QED) is 0.477. The van der Waals surface area contributed by atoms with E-state index in [4.69, 9.17) is 0 Å². The first kappa shape index (κ1) is 23.5. The summed E-state index contributed by atoms with van der Waals surface area (Å²) in [5.41, 5.74) is -0.275. The Bertz CT molecular complexity index is 1460. The number of amides is 1. The Labute approximate surface area is 202 Å². The SMILES string of the molecule is CNC(=O)C1CCN(c2cc(S(=O)(=O)NC3(C#N)CC3)cc3c2cnn3-c2nnc(C(F)F)s2)C1. The minimum absolute atomic E-state index is 0.0594. The van der Waals surface area contributed by atoms with Crippen LogP contribution in [0.25, 0.3) is 16.0 Å². The van der Waals surface area contributed by atoms with Crippen LogP contribution in [0.5, 0.6) is 0 Å². The molecule has 5 rings (SSSR count). The maximum atomic E-state index is 13.2. The molecule has 1 aliphatic heterocycles. The lowest BCUT2D eigenvalue weighted by Crippen LogP contribution is -2.35. The number of benzene rings is 1. The summed E-state index contributed by atoms with van der Waals surface area (Å²) in [6.45, 7) is 0.874. The van der Waals surface area contributed by atoms with Crippen molar-refractivity contribution < 1.29 is 22.0 Å². The van der Waals surface area contributed by atoms with Gasteiger partial charge >= 0.3 is 0 Å². The van der Waals surface area contributed by atoms with Crippen molar-refractivity contribution >= 4 is 43.9 Å². The monoisotopic (exact) mass is 522 g/mol. The van der Waals surface area contributed by atoms with Gasteiger partial charge in [-0.1, -0.05) is 11.3 Å². The summed E-state index contributed by atoms with van der Waals surface area (Å²) in [7, 11) is -2.54. The highest BCUT2D eigenvalue weighted by Gasteiger charge is 2.47. The fraction of sp³-hybridized carbons (Fsp3) is 0.450. The lowest BCUT2D eigenvalue weighted by molar-refractivity contribution is -0.123. The molecule has 15 heteroatoms. The predicted octanol–water partition coefficient (Wildman–Crippen LogP) is 1.72. The smallest absolute Gasteiger partial charge is 0.291 e. The van der Waals surface area contributed by atoms with Crippen LogP contribution in [-0.2, 0) is 14.8 Å². The van der Waals surface area contributed by atoms with Crippen LogP contribution < -0.4 is 14.9 Å². The molecule has 3 aromatic rings. The zero-order valence-electron chi connectivity index (χ0n) is 18.4. The molecule has 0 spiro atoms. The molecule has 184 valence electrons. The Morgan fingerprint density at radius 3 is 2.74 bits per heavy atom. The Morgan fingerprint density at radius 2 is 2.11 bits per heavy atom. The lowest BCUT2D eigenvalue weighted by atomic mass is 10.1. The minimum Gasteiger partial charge on any atom is -0.370 e.